The summed E-state index contributed by atoms with van der Waals surface area (Å²) in [6.07, 6.45) is 0. The highest BCUT2D eigenvalue weighted by Crippen LogP contribution is 2.32. The topological polar surface area (TPSA) is 0 Å². The van der Waals surface area contributed by atoms with Gasteiger partial charge in [0.1, 0.15) is 0 Å². The highest BCUT2D eigenvalue weighted by atomic mass is 32.2. The Bertz CT molecular complexity index is 336. The predicted molar refractivity (Wildman–Crippen MR) is 86.8 cm³/mol. The highest BCUT2D eigenvalue weighted by Gasteiger charge is 2.12. The van der Waals surface area contributed by atoms with Crippen molar-refractivity contribution in [2.75, 3.05) is 11.5 Å². The molecule has 0 saturated heterocycles. The highest BCUT2D eigenvalue weighted by molar-refractivity contribution is 8.00. The van der Waals surface area contributed by atoms with Crippen LogP contribution in [0.3, 0.4) is 0 Å². The molecule has 0 unspecified atom stereocenters. The molecule has 0 spiro atoms. The Kier molecular flexibility index (Phi) is 5.67. The number of hydrogen-bond acceptors (Lipinski definition) is 2. The molecule has 0 aliphatic heterocycles. The van der Waals surface area contributed by atoms with E-state index in [-0.39, 0.29) is 0 Å². The molecule has 102 valence electrons. The SMILES string of the molecule is CC(C)(C)CSc1cccc(SCC(C)(C)C)c1. The zero-order valence-electron chi connectivity index (χ0n) is 12.5. The van der Waals surface area contributed by atoms with Crippen LogP contribution in [0.25, 0.3) is 0 Å². The van der Waals surface area contributed by atoms with E-state index in [1.807, 2.05) is 23.5 Å². The van der Waals surface area contributed by atoms with Gasteiger partial charge in [0.2, 0.25) is 0 Å². The smallest absolute Gasteiger partial charge is 0.00832 e. The van der Waals surface area contributed by atoms with Crippen LogP contribution in [0.15, 0.2) is 34.1 Å². The maximum absolute atomic E-state index is 2.33. The van der Waals surface area contributed by atoms with Gasteiger partial charge in [-0.05, 0) is 29.0 Å². The molecule has 0 aromatic heterocycles. The van der Waals surface area contributed by atoms with Gasteiger partial charge >= 0.3 is 0 Å². The van der Waals surface area contributed by atoms with Crippen molar-refractivity contribution in [3.63, 3.8) is 0 Å². The first-order valence-electron chi connectivity index (χ1n) is 6.51. The number of benzene rings is 1. The van der Waals surface area contributed by atoms with Gasteiger partial charge in [0.25, 0.3) is 0 Å². The van der Waals surface area contributed by atoms with Crippen molar-refractivity contribution in [2.24, 2.45) is 10.8 Å². The maximum Gasteiger partial charge on any atom is 0.00832 e. The van der Waals surface area contributed by atoms with Gasteiger partial charge in [-0.1, -0.05) is 47.6 Å². The molecular formula is C16H26S2. The monoisotopic (exact) mass is 282 g/mol. The Labute approximate surface area is 121 Å². The van der Waals surface area contributed by atoms with Gasteiger partial charge in [0.05, 0.1) is 0 Å². The Hall–Kier alpha value is -0.0800. The molecule has 0 nitrogen and oxygen atoms in total. The molecule has 0 saturated carbocycles. The molecule has 0 atom stereocenters. The van der Waals surface area contributed by atoms with Gasteiger partial charge in [-0.25, -0.2) is 0 Å². The molecular weight excluding hydrogens is 256 g/mol. The van der Waals surface area contributed by atoms with Gasteiger partial charge in [-0.3, -0.25) is 0 Å². The largest absolute Gasteiger partial charge is 0.126 e. The lowest BCUT2D eigenvalue weighted by atomic mass is 10.0. The quantitative estimate of drug-likeness (QED) is 0.625. The van der Waals surface area contributed by atoms with Crippen molar-refractivity contribution in [1.29, 1.82) is 0 Å². The van der Waals surface area contributed by atoms with Crippen LogP contribution in [0.1, 0.15) is 41.5 Å². The summed E-state index contributed by atoms with van der Waals surface area (Å²) in [5, 5.41) is 0. The van der Waals surface area contributed by atoms with Crippen LogP contribution in [0, 0.1) is 10.8 Å². The molecule has 1 aromatic rings. The fourth-order valence-electron chi connectivity index (χ4n) is 1.25. The molecule has 0 aliphatic carbocycles. The first-order valence-corrected chi connectivity index (χ1v) is 8.49. The summed E-state index contributed by atoms with van der Waals surface area (Å²) in [6.45, 7) is 13.7. The standard InChI is InChI=1S/C16H26S2/c1-15(2,3)11-17-13-8-7-9-14(10-13)18-12-16(4,5)6/h7-10H,11-12H2,1-6H3. The van der Waals surface area contributed by atoms with E-state index in [1.54, 1.807) is 0 Å². The summed E-state index contributed by atoms with van der Waals surface area (Å²) < 4.78 is 0. The molecule has 0 fully saturated rings. The third-order valence-corrected chi connectivity index (χ3v) is 5.34. The molecule has 1 aromatic carbocycles. The lowest BCUT2D eigenvalue weighted by Crippen LogP contribution is -2.08. The minimum Gasteiger partial charge on any atom is -0.126 e. The molecule has 0 amide bonds. The summed E-state index contributed by atoms with van der Waals surface area (Å²) in [5.74, 6) is 2.33. The number of thioether (sulfide) groups is 2. The van der Waals surface area contributed by atoms with E-state index < -0.39 is 0 Å². The van der Waals surface area contributed by atoms with Crippen molar-refractivity contribution < 1.29 is 0 Å². The molecule has 0 radical (unpaired) electrons. The Morgan fingerprint density at radius 1 is 0.778 bits per heavy atom. The van der Waals surface area contributed by atoms with E-state index in [0.717, 1.165) is 0 Å². The molecule has 18 heavy (non-hydrogen) atoms. The van der Waals surface area contributed by atoms with E-state index in [0.29, 0.717) is 10.8 Å². The molecule has 0 heterocycles. The van der Waals surface area contributed by atoms with Crippen molar-refractivity contribution in [1.82, 2.24) is 0 Å². The van der Waals surface area contributed by atoms with Gasteiger partial charge in [-0.15, -0.1) is 23.5 Å². The molecule has 2 heteroatoms. The van der Waals surface area contributed by atoms with Crippen molar-refractivity contribution in [3.8, 4) is 0 Å². The zero-order valence-corrected chi connectivity index (χ0v) is 14.2. The summed E-state index contributed by atoms with van der Waals surface area (Å²) in [6, 6.07) is 8.94. The number of rotatable bonds is 4. The van der Waals surface area contributed by atoms with E-state index in [2.05, 4.69) is 65.8 Å². The fraction of sp³-hybridized carbons (Fsp3) is 0.625. The first-order chi connectivity index (χ1) is 8.16. The molecule has 0 aliphatic rings. The van der Waals surface area contributed by atoms with Gasteiger partial charge in [-0.2, -0.15) is 0 Å². The van der Waals surface area contributed by atoms with E-state index in [4.69, 9.17) is 0 Å². The minimum atomic E-state index is 0.388. The third kappa shape index (κ3) is 7.38. The zero-order chi connectivity index (χ0) is 13.8. The van der Waals surface area contributed by atoms with Crippen LogP contribution in [0.4, 0.5) is 0 Å². The van der Waals surface area contributed by atoms with Crippen LogP contribution in [0.5, 0.6) is 0 Å². The Morgan fingerprint density at radius 3 is 1.50 bits per heavy atom. The van der Waals surface area contributed by atoms with Crippen LogP contribution >= 0.6 is 23.5 Å². The normalized spacial score (nSPS) is 12.8. The first kappa shape index (κ1) is 16.0. The fourth-order valence-corrected chi connectivity index (χ4v) is 3.30. The second-order valence-electron chi connectivity index (χ2n) is 7.17. The van der Waals surface area contributed by atoms with E-state index in [9.17, 15) is 0 Å². The van der Waals surface area contributed by atoms with Gasteiger partial charge < -0.3 is 0 Å². The molecule has 0 N–H and O–H groups in total. The van der Waals surface area contributed by atoms with Crippen LogP contribution in [-0.4, -0.2) is 11.5 Å². The van der Waals surface area contributed by atoms with Gasteiger partial charge in [0.15, 0.2) is 0 Å². The lowest BCUT2D eigenvalue weighted by molar-refractivity contribution is 0.480. The Morgan fingerprint density at radius 2 is 1.17 bits per heavy atom. The summed E-state index contributed by atoms with van der Waals surface area (Å²) >= 11 is 3.92. The second kappa shape index (κ2) is 6.38. The van der Waals surface area contributed by atoms with Crippen LogP contribution in [-0.2, 0) is 0 Å². The summed E-state index contributed by atoms with van der Waals surface area (Å²) in [4.78, 5) is 2.78. The van der Waals surface area contributed by atoms with E-state index in [1.165, 1.54) is 21.3 Å². The average molecular weight is 283 g/mol. The lowest BCUT2D eigenvalue weighted by Gasteiger charge is -2.18. The van der Waals surface area contributed by atoms with Crippen molar-refractivity contribution >= 4 is 23.5 Å². The van der Waals surface area contributed by atoms with Crippen LogP contribution < -0.4 is 0 Å². The maximum atomic E-state index is 2.33. The molecule has 0 bridgehead atoms. The third-order valence-electron chi connectivity index (χ3n) is 2.15. The average Bonchev–Trinajstić information content (AvgIpc) is 2.22. The van der Waals surface area contributed by atoms with Gasteiger partial charge in [0, 0.05) is 21.3 Å². The Balaban J connectivity index is 2.57. The molecule has 1 rings (SSSR count). The minimum absolute atomic E-state index is 0.388. The summed E-state index contributed by atoms with van der Waals surface area (Å²) in [7, 11) is 0. The van der Waals surface area contributed by atoms with Crippen molar-refractivity contribution in [3.05, 3.63) is 24.3 Å². The second-order valence-corrected chi connectivity index (χ2v) is 9.27. The van der Waals surface area contributed by atoms with E-state index >= 15 is 0 Å². The van der Waals surface area contributed by atoms with Crippen LogP contribution in [0.2, 0.25) is 0 Å². The predicted octanol–water partition coefficient (Wildman–Crippen LogP) is 5.96. The van der Waals surface area contributed by atoms with Crippen molar-refractivity contribution in [2.45, 2.75) is 51.3 Å². The summed E-state index contributed by atoms with van der Waals surface area (Å²) in [5.41, 5.74) is 0.776. The number of hydrogen-bond donors (Lipinski definition) is 0.